The van der Waals surface area contributed by atoms with Gasteiger partial charge in [-0.3, -0.25) is 4.40 Å². The molecular weight excluding hydrogens is 384 g/mol. The first kappa shape index (κ1) is 18.0. The van der Waals surface area contributed by atoms with Crippen LogP contribution in [0.25, 0.3) is 27.8 Å². The van der Waals surface area contributed by atoms with Crippen molar-refractivity contribution in [1.82, 2.24) is 19.6 Å². The average molecular weight is 404 g/mol. The summed E-state index contributed by atoms with van der Waals surface area (Å²) in [6.45, 7) is 6.40. The van der Waals surface area contributed by atoms with Crippen LogP contribution in [-0.2, 0) is 5.75 Å². The molecule has 0 fully saturated rings. The standard InChI is InChI=1S/C22H20N4O2S/c1-12(2)15-10-16-14(9-20(27)28-19(16)8-13(15)3)11-29-22-25-24-21-23-17-6-4-5-7-18(17)26(21)22/h4-10,12H,11H2,1-3H3,(H,23,24). The van der Waals surface area contributed by atoms with Crippen molar-refractivity contribution >= 4 is 39.5 Å². The third kappa shape index (κ3) is 3.02. The summed E-state index contributed by atoms with van der Waals surface area (Å²) < 4.78 is 7.48. The van der Waals surface area contributed by atoms with E-state index in [2.05, 4.69) is 42.0 Å². The molecule has 5 rings (SSSR count). The molecule has 0 saturated heterocycles. The molecule has 1 N–H and O–H groups in total. The monoisotopic (exact) mass is 404 g/mol. The molecule has 0 aliphatic heterocycles. The van der Waals surface area contributed by atoms with Gasteiger partial charge >= 0.3 is 5.63 Å². The van der Waals surface area contributed by atoms with E-state index < -0.39 is 0 Å². The van der Waals surface area contributed by atoms with Crippen LogP contribution in [0.4, 0.5) is 0 Å². The summed E-state index contributed by atoms with van der Waals surface area (Å²) in [5.74, 6) is 1.72. The van der Waals surface area contributed by atoms with E-state index in [9.17, 15) is 4.79 Å². The van der Waals surface area contributed by atoms with Crippen molar-refractivity contribution in [3.05, 3.63) is 69.6 Å². The van der Waals surface area contributed by atoms with Crippen LogP contribution in [0, 0.1) is 6.92 Å². The number of aryl methyl sites for hydroxylation is 1. The Bertz CT molecular complexity index is 1430. The molecule has 3 aromatic heterocycles. The summed E-state index contributed by atoms with van der Waals surface area (Å²) in [6.07, 6.45) is 0. The Morgan fingerprint density at radius 2 is 2.03 bits per heavy atom. The van der Waals surface area contributed by atoms with Gasteiger partial charge in [-0.1, -0.05) is 37.7 Å². The average Bonchev–Trinajstić information content (AvgIpc) is 3.24. The van der Waals surface area contributed by atoms with Crippen molar-refractivity contribution in [2.75, 3.05) is 0 Å². The van der Waals surface area contributed by atoms with Gasteiger partial charge in [0, 0.05) is 17.2 Å². The highest BCUT2D eigenvalue weighted by Crippen LogP contribution is 2.31. The molecule has 0 aliphatic carbocycles. The van der Waals surface area contributed by atoms with Crippen LogP contribution in [0.1, 0.15) is 36.5 Å². The molecule has 0 spiro atoms. The van der Waals surface area contributed by atoms with Crippen LogP contribution in [0.15, 0.2) is 56.8 Å². The van der Waals surface area contributed by atoms with Crippen LogP contribution < -0.4 is 5.63 Å². The molecule has 0 radical (unpaired) electrons. The van der Waals surface area contributed by atoms with Crippen LogP contribution in [0.2, 0.25) is 0 Å². The fourth-order valence-electron chi connectivity index (χ4n) is 3.81. The molecule has 7 heteroatoms. The molecule has 3 heterocycles. The number of hydrogen-bond donors (Lipinski definition) is 1. The third-order valence-electron chi connectivity index (χ3n) is 5.20. The predicted molar refractivity (Wildman–Crippen MR) is 116 cm³/mol. The molecule has 6 nitrogen and oxygen atoms in total. The Kier molecular flexibility index (Phi) is 4.20. The fraction of sp³-hybridized carbons (Fsp3) is 0.227. The minimum Gasteiger partial charge on any atom is -0.423 e. The number of hydrogen-bond acceptors (Lipinski definition) is 5. The third-order valence-corrected chi connectivity index (χ3v) is 6.19. The molecule has 0 saturated carbocycles. The maximum Gasteiger partial charge on any atom is 0.336 e. The van der Waals surface area contributed by atoms with E-state index in [0.717, 1.165) is 32.7 Å². The summed E-state index contributed by atoms with van der Waals surface area (Å²) in [7, 11) is 0. The maximum absolute atomic E-state index is 12.1. The van der Waals surface area contributed by atoms with E-state index in [-0.39, 0.29) is 5.63 Å². The minimum absolute atomic E-state index is 0.329. The molecule has 2 aromatic carbocycles. The first-order valence-electron chi connectivity index (χ1n) is 9.53. The quantitative estimate of drug-likeness (QED) is 0.335. The van der Waals surface area contributed by atoms with Gasteiger partial charge < -0.3 is 4.42 Å². The lowest BCUT2D eigenvalue weighted by molar-refractivity contribution is 0.559. The number of fused-ring (bicyclic) bond motifs is 4. The Morgan fingerprint density at radius 3 is 2.86 bits per heavy atom. The van der Waals surface area contributed by atoms with E-state index in [0.29, 0.717) is 23.0 Å². The highest BCUT2D eigenvalue weighted by atomic mass is 32.2. The van der Waals surface area contributed by atoms with Gasteiger partial charge in [-0.15, -0.1) is 5.10 Å². The summed E-state index contributed by atoms with van der Waals surface area (Å²) in [5.41, 5.74) is 5.59. The van der Waals surface area contributed by atoms with Gasteiger partial charge in [-0.25, -0.2) is 14.9 Å². The highest BCUT2D eigenvalue weighted by Gasteiger charge is 2.15. The predicted octanol–water partition coefficient (Wildman–Crippen LogP) is 5.04. The smallest absolute Gasteiger partial charge is 0.336 e. The molecule has 0 bridgehead atoms. The second kappa shape index (κ2) is 6.77. The highest BCUT2D eigenvalue weighted by molar-refractivity contribution is 7.98. The number of aromatic nitrogens is 4. The van der Waals surface area contributed by atoms with E-state index in [1.165, 1.54) is 5.56 Å². The maximum atomic E-state index is 12.1. The normalized spacial score (nSPS) is 12.0. The van der Waals surface area contributed by atoms with Gasteiger partial charge in [0.1, 0.15) is 5.58 Å². The summed E-state index contributed by atoms with van der Waals surface area (Å²) >= 11 is 1.57. The number of nitrogens with zero attached hydrogens (tertiary/aromatic N) is 3. The molecule has 0 amide bonds. The number of aromatic amines is 1. The van der Waals surface area contributed by atoms with Gasteiger partial charge in [0.25, 0.3) is 0 Å². The van der Waals surface area contributed by atoms with Crippen LogP contribution in [0.3, 0.4) is 0 Å². The fourth-order valence-corrected chi connectivity index (χ4v) is 4.76. The van der Waals surface area contributed by atoms with Crippen molar-refractivity contribution in [1.29, 1.82) is 0 Å². The molecule has 0 aliphatic rings. The Hall–Kier alpha value is -3.06. The second-order valence-corrected chi connectivity index (χ2v) is 8.45. The van der Waals surface area contributed by atoms with Gasteiger partial charge in [-0.2, -0.15) is 0 Å². The molecule has 0 atom stereocenters. The van der Waals surface area contributed by atoms with Crippen molar-refractivity contribution in [2.24, 2.45) is 0 Å². The Labute approximate surface area is 171 Å². The SMILES string of the molecule is Cc1cc2oc(=O)cc(CSc3n[nH]c4nc5ccccc5n34)c2cc1C(C)C. The molecular formula is C22H20N4O2S. The Morgan fingerprint density at radius 1 is 1.21 bits per heavy atom. The molecule has 5 aromatic rings. The van der Waals surface area contributed by atoms with Gasteiger partial charge in [0.05, 0.1) is 11.0 Å². The number of rotatable bonds is 4. The van der Waals surface area contributed by atoms with Gasteiger partial charge in [-0.05, 0) is 53.8 Å². The summed E-state index contributed by atoms with van der Waals surface area (Å²) in [6, 6.07) is 13.7. The zero-order valence-corrected chi connectivity index (χ0v) is 17.2. The van der Waals surface area contributed by atoms with Crippen molar-refractivity contribution in [3.8, 4) is 0 Å². The van der Waals surface area contributed by atoms with Crippen LogP contribution in [-0.4, -0.2) is 19.6 Å². The van der Waals surface area contributed by atoms with Crippen LogP contribution >= 0.6 is 11.8 Å². The number of H-pyrrole nitrogens is 1. The number of para-hydroxylation sites is 2. The lowest BCUT2D eigenvalue weighted by atomic mass is 9.95. The van der Waals surface area contributed by atoms with Crippen molar-refractivity contribution in [2.45, 2.75) is 37.6 Å². The molecule has 146 valence electrons. The largest absolute Gasteiger partial charge is 0.423 e. The first-order valence-corrected chi connectivity index (χ1v) is 10.5. The number of imidazole rings is 1. The van der Waals surface area contributed by atoms with Crippen molar-refractivity contribution in [3.63, 3.8) is 0 Å². The molecule has 29 heavy (non-hydrogen) atoms. The van der Waals surface area contributed by atoms with Gasteiger partial charge in [0.15, 0.2) is 5.16 Å². The van der Waals surface area contributed by atoms with E-state index >= 15 is 0 Å². The van der Waals surface area contributed by atoms with E-state index in [4.69, 9.17) is 4.42 Å². The second-order valence-electron chi connectivity index (χ2n) is 7.50. The summed E-state index contributed by atoms with van der Waals surface area (Å²) in [5, 5.41) is 9.21. The topological polar surface area (TPSA) is 76.2 Å². The zero-order chi connectivity index (χ0) is 20.1. The van der Waals surface area contributed by atoms with E-state index in [1.54, 1.807) is 17.8 Å². The number of nitrogens with one attached hydrogen (secondary N) is 1. The minimum atomic E-state index is -0.329. The van der Waals surface area contributed by atoms with Gasteiger partial charge in [0.2, 0.25) is 5.78 Å². The lowest BCUT2D eigenvalue weighted by Gasteiger charge is -2.12. The number of benzene rings is 2. The zero-order valence-electron chi connectivity index (χ0n) is 16.4. The first-order chi connectivity index (χ1) is 14.0. The lowest BCUT2D eigenvalue weighted by Crippen LogP contribution is -2.02. The molecule has 0 unspecified atom stereocenters. The van der Waals surface area contributed by atoms with E-state index in [1.807, 2.05) is 34.7 Å². The number of thioether (sulfide) groups is 1. The Balaban J connectivity index is 1.58. The van der Waals surface area contributed by atoms with Crippen LogP contribution in [0.5, 0.6) is 0 Å². The van der Waals surface area contributed by atoms with Crippen molar-refractivity contribution < 1.29 is 4.42 Å². The summed E-state index contributed by atoms with van der Waals surface area (Å²) in [4.78, 5) is 16.7.